The van der Waals surface area contributed by atoms with Gasteiger partial charge in [-0.1, -0.05) is 36.4 Å². The lowest BCUT2D eigenvalue weighted by Gasteiger charge is -2.32. The summed E-state index contributed by atoms with van der Waals surface area (Å²) in [4.78, 5) is 13.3. The molecule has 2 aliphatic rings. The Kier molecular flexibility index (Phi) is 6.44. The van der Waals surface area contributed by atoms with Crippen molar-refractivity contribution >= 4 is 21.4 Å². The molecule has 0 bridgehead atoms. The SMILES string of the molecule is C=CC(N1CC=C(c2ccc(C(F)(F)F)cc2)CC1)S(=O)(=O)c1cccc2c1CC(C(=O)O)C2. The smallest absolute Gasteiger partial charge is 0.416 e. The molecule has 1 N–H and O–H groups in total. The van der Waals surface area contributed by atoms with Crippen LogP contribution < -0.4 is 0 Å². The van der Waals surface area contributed by atoms with Gasteiger partial charge >= 0.3 is 12.1 Å². The first-order valence-electron chi connectivity index (χ1n) is 10.8. The number of carboxylic acid groups (broad SMARTS) is 1. The fraction of sp³-hybridized carbons (Fsp3) is 0.320. The minimum atomic E-state index is -4.40. The van der Waals surface area contributed by atoms with Crippen LogP contribution in [0.3, 0.4) is 0 Å². The molecule has 4 rings (SSSR count). The molecular formula is C25H24F3NO4S. The summed E-state index contributed by atoms with van der Waals surface area (Å²) < 4.78 is 65.6. The maximum Gasteiger partial charge on any atom is 0.416 e. The summed E-state index contributed by atoms with van der Waals surface area (Å²) >= 11 is 0. The minimum absolute atomic E-state index is 0.135. The highest BCUT2D eigenvalue weighted by molar-refractivity contribution is 7.92. The van der Waals surface area contributed by atoms with Gasteiger partial charge in [0.05, 0.1) is 16.4 Å². The summed E-state index contributed by atoms with van der Waals surface area (Å²) in [5, 5.41) is 8.37. The number of carboxylic acids is 1. The van der Waals surface area contributed by atoms with E-state index in [0.29, 0.717) is 37.1 Å². The van der Waals surface area contributed by atoms with E-state index in [-0.39, 0.29) is 11.3 Å². The Balaban J connectivity index is 1.56. The summed E-state index contributed by atoms with van der Waals surface area (Å²) in [7, 11) is -3.87. The number of hydrogen-bond acceptors (Lipinski definition) is 4. The molecule has 0 fully saturated rings. The van der Waals surface area contributed by atoms with Crippen molar-refractivity contribution in [1.82, 2.24) is 4.90 Å². The minimum Gasteiger partial charge on any atom is -0.481 e. The van der Waals surface area contributed by atoms with Crippen LogP contribution in [0.15, 0.2) is 66.1 Å². The molecule has 0 saturated carbocycles. The topological polar surface area (TPSA) is 74.7 Å². The zero-order chi connectivity index (χ0) is 24.7. The number of alkyl halides is 3. The quantitative estimate of drug-likeness (QED) is 0.599. The van der Waals surface area contributed by atoms with Gasteiger partial charge in [0.15, 0.2) is 9.84 Å². The molecule has 9 heteroatoms. The van der Waals surface area contributed by atoms with Gasteiger partial charge in [-0.25, -0.2) is 8.42 Å². The van der Waals surface area contributed by atoms with Crippen LogP contribution in [0.25, 0.3) is 5.57 Å². The third-order valence-electron chi connectivity index (χ3n) is 6.51. The van der Waals surface area contributed by atoms with Crippen molar-refractivity contribution in [3.8, 4) is 0 Å². The van der Waals surface area contributed by atoms with Crippen LogP contribution in [0.2, 0.25) is 0 Å². The molecule has 2 unspecified atom stereocenters. The van der Waals surface area contributed by atoms with Crippen LogP contribution in [-0.2, 0) is 33.6 Å². The lowest BCUT2D eigenvalue weighted by Crippen LogP contribution is -2.42. The number of rotatable bonds is 6. The van der Waals surface area contributed by atoms with Gasteiger partial charge in [-0.2, -0.15) is 13.2 Å². The van der Waals surface area contributed by atoms with E-state index >= 15 is 0 Å². The van der Waals surface area contributed by atoms with Gasteiger partial charge in [0, 0.05) is 13.1 Å². The average Bonchev–Trinajstić information content (AvgIpc) is 3.24. The first kappa shape index (κ1) is 24.2. The van der Waals surface area contributed by atoms with Crippen molar-refractivity contribution < 1.29 is 31.5 Å². The summed E-state index contributed by atoms with van der Waals surface area (Å²) in [5.41, 5.74) is 2.10. The Bertz CT molecular complexity index is 1250. The predicted octanol–water partition coefficient (Wildman–Crippen LogP) is 4.58. The highest BCUT2D eigenvalue weighted by atomic mass is 32.2. The van der Waals surface area contributed by atoms with E-state index < -0.39 is 38.8 Å². The van der Waals surface area contributed by atoms with Crippen LogP contribution >= 0.6 is 0 Å². The van der Waals surface area contributed by atoms with E-state index in [9.17, 15) is 31.5 Å². The third-order valence-corrected chi connectivity index (χ3v) is 8.63. The molecule has 2 aromatic carbocycles. The Morgan fingerprint density at radius 2 is 1.85 bits per heavy atom. The first-order chi connectivity index (χ1) is 16.0. The Morgan fingerprint density at radius 3 is 2.41 bits per heavy atom. The Hall–Kier alpha value is -2.91. The predicted molar refractivity (Wildman–Crippen MR) is 122 cm³/mol. The lowest BCUT2D eigenvalue weighted by atomic mass is 9.98. The summed E-state index contributed by atoms with van der Waals surface area (Å²) in [5.74, 6) is -1.59. The number of aliphatic carboxylic acids is 1. The van der Waals surface area contributed by atoms with Gasteiger partial charge < -0.3 is 5.11 Å². The van der Waals surface area contributed by atoms with Crippen molar-refractivity contribution in [2.45, 2.75) is 35.7 Å². The average molecular weight is 492 g/mol. The number of carbonyl (C=O) groups is 1. The second-order valence-electron chi connectivity index (χ2n) is 8.56. The molecule has 0 saturated heterocycles. The number of nitrogens with zero attached hydrogens (tertiary/aromatic N) is 1. The molecule has 0 aromatic heterocycles. The van der Waals surface area contributed by atoms with Crippen LogP contribution in [-0.4, -0.2) is 42.9 Å². The van der Waals surface area contributed by atoms with E-state index in [1.807, 2.05) is 6.08 Å². The first-order valence-corrected chi connectivity index (χ1v) is 12.4. The van der Waals surface area contributed by atoms with Gasteiger partial charge in [0.1, 0.15) is 5.37 Å². The second-order valence-corrected chi connectivity index (χ2v) is 10.6. The van der Waals surface area contributed by atoms with Crippen molar-refractivity contribution in [3.63, 3.8) is 0 Å². The van der Waals surface area contributed by atoms with Gasteiger partial charge in [0.2, 0.25) is 0 Å². The molecule has 34 heavy (non-hydrogen) atoms. The number of hydrogen-bond donors (Lipinski definition) is 1. The van der Waals surface area contributed by atoms with E-state index in [1.54, 1.807) is 17.0 Å². The molecule has 2 atom stereocenters. The normalized spacial score (nSPS) is 19.9. The number of benzene rings is 2. The maximum atomic E-state index is 13.6. The van der Waals surface area contributed by atoms with Crippen LogP contribution in [0.4, 0.5) is 13.2 Å². The molecule has 2 aromatic rings. The van der Waals surface area contributed by atoms with E-state index in [0.717, 1.165) is 23.3 Å². The third kappa shape index (κ3) is 4.54. The largest absolute Gasteiger partial charge is 0.481 e. The van der Waals surface area contributed by atoms with Crippen molar-refractivity contribution in [3.05, 3.63) is 83.4 Å². The van der Waals surface area contributed by atoms with Crippen molar-refractivity contribution in [2.75, 3.05) is 13.1 Å². The molecule has 180 valence electrons. The van der Waals surface area contributed by atoms with E-state index in [4.69, 9.17) is 0 Å². The van der Waals surface area contributed by atoms with E-state index in [1.165, 1.54) is 24.3 Å². The molecule has 0 amide bonds. The summed E-state index contributed by atoms with van der Waals surface area (Å²) in [6, 6.07) is 9.85. The molecule has 1 aliphatic carbocycles. The molecule has 1 heterocycles. The Morgan fingerprint density at radius 1 is 1.15 bits per heavy atom. The molecule has 1 aliphatic heterocycles. The van der Waals surface area contributed by atoms with Gasteiger partial charge in [-0.3, -0.25) is 9.69 Å². The highest BCUT2D eigenvalue weighted by Crippen LogP contribution is 2.35. The number of fused-ring (bicyclic) bond motifs is 1. The number of halogens is 3. The molecule has 0 spiro atoms. The fourth-order valence-electron chi connectivity index (χ4n) is 4.71. The molecule has 0 radical (unpaired) electrons. The number of sulfone groups is 1. The fourth-order valence-corrected chi connectivity index (χ4v) is 6.64. The summed E-state index contributed by atoms with van der Waals surface area (Å²) in [6.07, 6.45) is -0.260. The van der Waals surface area contributed by atoms with Crippen LogP contribution in [0.1, 0.15) is 28.7 Å². The Labute approximate surface area is 196 Å². The molecule has 5 nitrogen and oxygen atoms in total. The lowest BCUT2D eigenvalue weighted by molar-refractivity contribution is -0.141. The standard InChI is InChI=1S/C25H24F3NO4S/c1-2-23(34(32,33)22-5-3-4-18-14-19(24(30)31)15-21(18)22)29-12-10-17(11-13-29)16-6-8-20(9-7-16)25(26,27)28/h2-10,19,23H,1,11-15H2,(H,30,31). The molecular weight excluding hydrogens is 467 g/mol. The zero-order valence-electron chi connectivity index (χ0n) is 18.3. The zero-order valence-corrected chi connectivity index (χ0v) is 19.1. The monoisotopic (exact) mass is 491 g/mol. The van der Waals surface area contributed by atoms with Crippen molar-refractivity contribution in [2.24, 2.45) is 5.92 Å². The summed E-state index contributed by atoms with van der Waals surface area (Å²) in [6.45, 7) is 4.41. The van der Waals surface area contributed by atoms with Crippen LogP contribution in [0.5, 0.6) is 0 Å². The second kappa shape index (κ2) is 9.03. The maximum absolute atomic E-state index is 13.6. The van der Waals surface area contributed by atoms with Gasteiger partial charge in [0.25, 0.3) is 0 Å². The van der Waals surface area contributed by atoms with E-state index in [2.05, 4.69) is 6.58 Å². The van der Waals surface area contributed by atoms with Crippen molar-refractivity contribution in [1.29, 1.82) is 0 Å². The van der Waals surface area contributed by atoms with Gasteiger partial charge in [-0.15, -0.1) is 6.58 Å². The van der Waals surface area contributed by atoms with Gasteiger partial charge in [-0.05, 0) is 59.7 Å². The highest BCUT2D eigenvalue weighted by Gasteiger charge is 2.37. The van der Waals surface area contributed by atoms with Crippen LogP contribution in [0, 0.1) is 5.92 Å².